The summed E-state index contributed by atoms with van der Waals surface area (Å²) in [6, 6.07) is 13.0. The van der Waals surface area contributed by atoms with Crippen molar-refractivity contribution >= 4 is 31.4 Å². The predicted octanol–water partition coefficient (Wildman–Crippen LogP) is 1.81. The van der Waals surface area contributed by atoms with E-state index < -0.39 is 20.0 Å². The highest BCUT2D eigenvalue weighted by atomic mass is 32.2. The van der Waals surface area contributed by atoms with Crippen LogP contribution in [0.3, 0.4) is 0 Å². The van der Waals surface area contributed by atoms with Crippen LogP contribution in [0, 0.1) is 0 Å². The molecule has 122 valence electrons. The largest absolute Gasteiger partial charge is 0.280 e. The van der Waals surface area contributed by atoms with Gasteiger partial charge in [0.25, 0.3) is 10.0 Å². The van der Waals surface area contributed by atoms with Crippen molar-refractivity contribution in [3.63, 3.8) is 0 Å². The third-order valence-electron chi connectivity index (χ3n) is 3.64. The van der Waals surface area contributed by atoms with Crippen LogP contribution in [-0.2, 0) is 26.5 Å². The fourth-order valence-electron chi connectivity index (χ4n) is 2.57. The molecule has 0 saturated heterocycles. The normalized spacial score (nSPS) is 14.6. The van der Waals surface area contributed by atoms with Crippen LogP contribution in [0.25, 0.3) is 0 Å². The van der Waals surface area contributed by atoms with E-state index in [1.54, 1.807) is 36.4 Å². The molecule has 0 amide bonds. The second-order valence-electron chi connectivity index (χ2n) is 5.35. The molecule has 0 fully saturated rings. The molecule has 0 atom stereocenters. The van der Waals surface area contributed by atoms with E-state index in [1.165, 1.54) is 16.4 Å². The highest BCUT2D eigenvalue weighted by Crippen LogP contribution is 2.33. The minimum absolute atomic E-state index is 0.153. The van der Waals surface area contributed by atoms with Gasteiger partial charge in [-0.3, -0.25) is 9.03 Å². The highest BCUT2D eigenvalue weighted by molar-refractivity contribution is 7.92. The molecule has 0 spiro atoms. The molecular formula is C15H16N2O4S2. The van der Waals surface area contributed by atoms with Crippen molar-refractivity contribution in [2.24, 2.45) is 0 Å². The Labute approximate surface area is 135 Å². The number of anilines is 2. The van der Waals surface area contributed by atoms with E-state index in [-0.39, 0.29) is 4.90 Å². The number of sulfonamides is 2. The Hall–Kier alpha value is -2.06. The molecule has 6 nitrogen and oxygen atoms in total. The maximum absolute atomic E-state index is 12.3. The standard InChI is InChI=1S/C15H16N2O4S2/c1-22(18,19)17-10-9-12-7-8-13(11-15(12)17)16-23(20,21)14-5-3-2-4-6-14/h2-8,11,16H,9-10H2,1H3. The van der Waals surface area contributed by atoms with Crippen molar-refractivity contribution < 1.29 is 16.8 Å². The van der Waals surface area contributed by atoms with Gasteiger partial charge in [0.05, 0.1) is 22.5 Å². The summed E-state index contributed by atoms with van der Waals surface area (Å²) in [6.07, 6.45) is 1.76. The van der Waals surface area contributed by atoms with Crippen molar-refractivity contribution in [1.82, 2.24) is 0 Å². The summed E-state index contributed by atoms with van der Waals surface area (Å²) in [4.78, 5) is 0.153. The van der Waals surface area contributed by atoms with Crippen LogP contribution in [0.2, 0.25) is 0 Å². The summed E-state index contributed by atoms with van der Waals surface area (Å²) in [5.74, 6) is 0. The van der Waals surface area contributed by atoms with Crippen LogP contribution in [0.4, 0.5) is 11.4 Å². The van der Waals surface area contributed by atoms with E-state index in [0.717, 1.165) is 11.8 Å². The Morgan fingerprint density at radius 1 is 1.00 bits per heavy atom. The van der Waals surface area contributed by atoms with E-state index in [0.29, 0.717) is 24.3 Å². The smallest absolute Gasteiger partial charge is 0.261 e. The first-order valence-corrected chi connectivity index (χ1v) is 10.3. The molecule has 2 aromatic carbocycles. The lowest BCUT2D eigenvalue weighted by atomic mass is 10.1. The van der Waals surface area contributed by atoms with Crippen molar-refractivity contribution in [3.8, 4) is 0 Å². The molecule has 1 aliphatic heterocycles. The summed E-state index contributed by atoms with van der Waals surface area (Å²) in [6.45, 7) is 0.378. The Morgan fingerprint density at radius 3 is 2.35 bits per heavy atom. The minimum atomic E-state index is -3.70. The maximum Gasteiger partial charge on any atom is 0.261 e. The van der Waals surface area contributed by atoms with E-state index in [1.807, 2.05) is 0 Å². The lowest BCUT2D eigenvalue weighted by molar-refractivity contribution is 0.597. The van der Waals surface area contributed by atoms with Crippen LogP contribution < -0.4 is 9.03 Å². The quantitative estimate of drug-likeness (QED) is 0.910. The van der Waals surface area contributed by atoms with Gasteiger partial charge >= 0.3 is 0 Å². The number of nitrogens with zero attached hydrogens (tertiary/aromatic N) is 1. The number of rotatable bonds is 4. The molecule has 1 heterocycles. The van der Waals surface area contributed by atoms with Crippen LogP contribution in [0.1, 0.15) is 5.56 Å². The average molecular weight is 352 g/mol. The van der Waals surface area contributed by atoms with Crippen LogP contribution in [-0.4, -0.2) is 29.6 Å². The van der Waals surface area contributed by atoms with Gasteiger partial charge in [0.15, 0.2) is 0 Å². The van der Waals surface area contributed by atoms with Crippen molar-refractivity contribution in [1.29, 1.82) is 0 Å². The van der Waals surface area contributed by atoms with Crippen LogP contribution in [0.5, 0.6) is 0 Å². The van der Waals surface area contributed by atoms with E-state index >= 15 is 0 Å². The van der Waals surface area contributed by atoms with Crippen molar-refractivity contribution in [2.75, 3.05) is 21.8 Å². The zero-order valence-electron chi connectivity index (χ0n) is 12.4. The molecule has 2 aromatic rings. The Balaban J connectivity index is 1.95. The van der Waals surface area contributed by atoms with Crippen LogP contribution in [0.15, 0.2) is 53.4 Å². The zero-order chi connectivity index (χ0) is 16.7. The summed E-state index contributed by atoms with van der Waals surface area (Å²) >= 11 is 0. The predicted molar refractivity (Wildman–Crippen MR) is 89.6 cm³/mol. The van der Waals surface area contributed by atoms with Gasteiger partial charge in [0, 0.05) is 6.54 Å². The van der Waals surface area contributed by atoms with Crippen molar-refractivity contribution in [3.05, 3.63) is 54.1 Å². The molecule has 0 saturated carbocycles. The number of fused-ring (bicyclic) bond motifs is 1. The Morgan fingerprint density at radius 2 is 1.70 bits per heavy atom. The number of hydrogen-bond acceptors (Lipinski definition) is 4. The van der Waals surface area contributed by atoms with Gasteiger partial charge in [0.1, 0.15) is 0 Å². The zero-order valence-corrected chi connectivity index (χ0v) is 14.1. The van der Waals surface area contributed by atoms with Gasteiger partial charge in [-0.2, -0.15) is 0 Å². The molecule has 1 aliphatic rings. The summed E-state index contributed by atoms with van der Waals surface area (Å²) in [5.41, 5.74) is 1.75. The summed E-state index contributed by atoms with van der Waals surface area (Å²) in [7, 11) is -7.07. The second-order valence-corrected chi connectivity index (χ2v) is 8.94. The number of nitrogens with one attached hydrogen (secondary N) is 1. The minimum Gasteiger partial charge on any atom is -0.280 e. The third-order valence-corrected chi connectivity index (χ3v) is 6.22. The highest BCUT2D eigenvalue weighted by Gasteiger charge is 2.26. The fourth-order valence-corrected chi connectivity index (χ4v) is 4.59. The van der Waals surface area contributed by atoms with Gasteiger partial charge < -0.3 is 0 Å². The van der Waals surface area contributed by atoms with Gasteiger partial charge in [-0.25, -0.2) is 16.8 Å². The van der Waals surface area contributed by atoms with E-state index in [9.17, 15) is 16.8 Å². The molecule has 23 heavy (non-hydrogen) atoms. The first-order valence-electron chi connectivity index (χ1n) is 6.96. The molecule has 0 unspecified atom stereocenters. The second kappa shape index (κ2) is 5.54. The number of hydrogen-bond donors (Lipinski definition) is 1. The van der Waals surface area contributed by atoms with Gasteiger partial charge in [-0.1, -0.05) is 24.3 Å². The molecule has 8 heteroatoms. The SMILES string of the molecule is CS(=O)(=O)N1CCc2ccc(NS(=O)(=O)c3ccccc3)cc21. The molecule has 0 aliphatic carbocycles. The van der Waals surface area contributed by atoms with E-state index in [4.69, 9.17) is 0 Å². The maximum atomic E-state index is 12.3. The first-order chi connectivity index (χ1) is 10.8. The van der Waals surface area contributed by atoms with Gasteiger partial charge in [-0.15, -0.1) is 0 Å². The lowest BCUT2D eigenvalue weighted by Gasteiger charge is -2.17. The molecule has 1 N–H and O–H groups in total. The molecular weight excluding hydrogens is 336 g/mol. The molecule has 0 bridgehead atoms. The van der Waals surface area contributed by atoms with Crippen LogP contribution >= 0.6 is 0 Å². The van der Waals surface area contributed by atoms with Gasteiger partial charge in [0.2, 0.25) is 10.0 Å². The molecule has 0 aromatic heterocycles. The average Bonchev–Trinajstić information content (AvgIpc) is 2.91. The Bertz CT molecular complexity index is 939. The van der Waals surface area contributed by atoms with Crippen molar-refractivity contribution in [2.45, 2.75) is 11.3 Å². The number of benzene rings is 2. The van der Waals surface area contributed by atoms with Gasteiger partial charge in [-0.05, 0) is 36.2 Å². The summed E-state index contributed by atoms with van der Waals surface area (Å²) in [5, 5.41) is 0. The third kappa shape index (κ3) is 3.18. The first kappa shape index (κ1) is 15.8. The summed E-state index contributed by atoms with van der Waals surface area (Å²) < 4.78 is 52.1. The monoisotopic (exact) mass is 352 g/mol. The topological polar surface area (TPSA) is 83.6 Å². The molecule has 3 rings (SSSR count). The molecule has 0 radical (unpaired) electrons. The Kier molecular flexibility index (Phi) is 3.81. The van der Waals surface area contributed by atoms with E-state index in [2.05, 4.69) is 4.72 Å². The lowest BCUT2D eigenvalue weighted by Crippen LogP contribution is -2.27. The fraction of sp³-hybridized carbons (Fsp3) is 0.200.